The van der Waals surface area contributed by atoms with Crippen molar-refractivity contribution in [2.75, 3.05) is 32.8 Å². The van der Waals surface area contributed by atoms with Crippen LogP contribution in [0.5, 0.6) is 0 Å². The molecule has 112 valence electrons. The molecule has 0 spiro atoms. The molecule has 2 heterocycles. The fraction of sp³-hybridized carbons (Fsp3) is 0.714. The van der Waals surface area contributed by atoms with E-state index in [-0.39, 0.29) is 12.0 Å². The topological polar surface area (TPSA) is 59.4 Å². The highest BCUT2D eigenvalue weighted by Gasteiger charge is 2.31. The number of esters is 1. The zero-order valence-corrected chi connectivity index (χ0v) is 12.6. The number of ether oxygens (including phenoxy) is 1. The smallest absolute Gasteiger partial charge is 0.328 e. The molecule has 2 rings (SSSR count). The summed E-state index contributed by atoms with van der Waals surface area (Å²) in [6, 6.07) is -0.344. The van der Waals surface area contributed by atoms with Gasteiger partial charge in [-0.25, -0.2) is 4.79 Å². The van der Waals surface area contributed by atoms with Crippen LogP contribution in [0, 0.1) is 6.92 Å². The Kier molecular flexibility index (Phi) is 5.14. The van der Waals surface area contributed by atoms with Crippen LogP contribution >= 0.6 is 0 Å². The number of aryl methyl sites for hydroxylation is 1. The van der Waals surface area contributed by atoms with Crippen LogP contribution in [0.25, 0.3) is 0 Å². The average molecular weight is 280 g/mol. The maximum absolute atomic E-state index is 12.4. The van der Waals surface area contributed by atoms with Crippen LogP contribution in [0.2, 0.25) is 0 Å². The zero-order chi connectivity index (χ0) is 14.5. The Bertz CT molecular complexity index is 450. The second-order valence-corrected chi connectivity index (χ2v) is 5.10. The number of nitrogens with one attached hydrogen (secondary N) is 1. The van der Waals surface area contributed by atoms with Crippen LogP contribution in [-0.2, 0) is 16.6 Å². The molecule has 1 aliphatic rings. The lowest BCUT2D eigenvalue weighted by atomic mass is 10.1. The minimum atomic E-state index is -0.344. The summed E-state index contributed by atoms with van der Waals surface area (Å²) in [6.45, 7) is 7.87. The number of carbonyl (C=O) groups is 1. The Morgan fingerprint density at radius 1 is 1.50 bits per heavy atom. The third-order valence-corrected chi connectivity index (χ3v) is 3.82. The van der Waals surface area contributed by atoms with Crippen molar-refractivity contribution in [2.45, 2.75) is 26.3 Å². The molecule has 20 heavy (non-hydrogen) atoms. The lowest BCUT2D eigenvalue weighted by molar-refractivity contribution is -0.149. The van der Waals surface area contributed by atoms with Crippen molar-refractivity contribution < 1.29 is 9.53 Å². The molecule has 0 radical (unpaired) electrons. The predicted octanol–water partition coefficient (Wildman–Crippen LogP) is 0.628. The first-order valence-corrected chi connectivity index (χ1v) is 7.25. The van der Waals surface area contributed by atoms with E-state index in [1.54, 1.807) is 10.9 Å². The van der Waals surface area contributed by atoms with Gasteiger partial charge in [0.25, 0.3) is 0 Å². The van der Waals surface area contributed by atoms with Crippen LogP contribution in [0.15, 0.2) is 6.20 Å². The van der Waals surface area contributed by atoms with Gasteiger partial charge in [0.15, 0.2) is 0 Å². The highest BCUT2D eigenvalue weighted by Crippen LogP contribution is 2.25. The number of carbonyl (C=O) groups excluding carboxylic acids is 1. The summed E-state index contributed by atoms with van der Waals surface area (Å²) in [5, 5.41) is 7.62. The Morgan fingerprint density at radius 2 is 2.30 bits per heavy atom. The molecule has 0 amide bonds. The fourth-order valence-corrected chi connectivity index (χ4v) is 2.60. The molecule has 0 saturated carbocycles. The molecular weight excluding hydrogens is 256 g/mol. The van der Waals surface area contributed by atoms with E-state index in [2.05, 4.69) is 15.3 Å². The second kappa shape index (κ2) is 6.85. The highest BCUT2D eigenvalue weighted by atomic mass is 16.5. The average Bonchev–Trinajstić information content (AvgIpc) is 2.66. The standard InChI is InChI=1S/C14H24N4O2/c1-4-20-14(19)13(12-10-16-17(3)11(12)2)18-8-5-6-15-7-9-18/h10,13,15H,4-9H2,1-3H3. The number of aromatic nitrogens is 2. The number of hydrogen-bond donors (Lipinski definition) is 1. The van der Waals surface area contributed by atoms with E-state index >= 15 is 0 Å². The van der Waals surface area contributed by atoms with Crippen molar-refractivity contribution in [1.82, 2.24) is 20.0 Å². The summed E-state index contributed by atoms with van der Waals surface area (Å²) in [6.07, 6.45) is 2.82. The molecule has 1 aromatic heterocycles. The largest absolute Gasteiger partial charge is 0.465 e. The Labute approximate surface area is 120 Å². The van der Waals surface area contributed by atoms with E-state index in [0.717, 1.165) is 43.9 Å². The first-order chi connectivity index (χ1) is 9.65. The minimum Gasteiger partial charge on any atom is -0.465 e. The third-order valence-electron chi connectivity index (χ3n) is 3.82. The molecule has 6 nitrogen and oxygen atoms in total. The van der Waals surface area contributed by atoms with Crippen molar-refractivity contribution in [3.8, 4) is 0 Å². The van der Waals surface area contributed by atoms with Gasteiger partial charge < -0.3 is 10.1 Å². The van der Waals surface area contributed by atoms with Gasteiger partial charge in [0.1, 0.15) is 6.04 Å². The van der Waals surface area contributed by atoms with Gasteiger partial charge in [-0.2, -0.15) is 5.10 Å². The lowest BCUT2D eigenvalue weighted by Crippen LogP contribution is -2.37. The van der Waals surface area contributed by atoms with Crippen LogP contribution in [0.3, 0.4) is 0 Å². The summed E-state index contributed by atoms with van der Waals surface area (Å²) in [5.74, 6) is -0.175. The molecule has 1 N–H and O–H groups in total. The Balaban J connectivity index is 2.28. The van der Waals surface area contributed by atoms with Crippen molar-refractivity contribution in [2.24, 2.45) is 7.05 Å². The van der Waals surface area contributed by atoms with Crippen molar-refractivity contribution in [3.05, 3.63) is 17.5 Å². The van der Waals surface area contributed by atoms with Crippen LogP contribution in [-0.4, -0.2) is 53.4 Å². The fourth-order valence-electron chi connectivity index (χ4n) is 2.60. The number of rotatable bonds is 4. The van der Waals surface area contributed by atoms with E-state index in [1.165, 1.54) is 0 Å². The van der Waals surface area contributed by atoms with Gasteiger partial charge in [0.05, 0.1) is 12.8 Å². The molecule has 6 heteroatoms. The van der Waals surface area contributed by atoms with Gasteiger partial charge in [0.2, 0.25) is 0 Å². The van der Waals surface area contributed by atoms with Crippen LogP contribution < -0.4 is 5.32 Å². The summed E-state index contributed by atoms with van der Waals surface area (Å²) < 4.78 is 7.08. The minimum absolute atomic E-state index is 0.175. The molecular formula is C14H24N4O2. The molecule has 0 aliphatic carbocycles. The first kappa shape index (κ1) is 15.0. The summed E-state index contributed by atoms with van der Waals surface area (Å²) in [4.78, 5) is 14.6. The number of nitrogens with zero attached hydrogens (tertiary/aromatic N) is 3. The van der Waals surface area contributed by atoms with Crippen LogP contribution in [0.4, 0.5) is 0 Å². The van der Waals surface area contributed by atoms with Crippen molar-refractivity contribution >= 4 is 5.97 Å². The maximum atomic E-state index is 12.4. The summed E-state index contributed by atoms with van der Waals surface area (Å²) in [5.41, 5.74) is 1.97. The molecule has 1 atom stereocenters. The quantitative estimate of drug-likeness (QED) is 0.820. The van der Waals surface area contributed by atoms with E-state index in [9.17, 15) is 4.79 Å². The van der Waals surface area contributed by atoms with Gasteiger partial charge in [-0.3, -0.25) is 9.58 Å². The molecule has 1 aliphatic heterocycles. The van der Waals surface area contributed by atoms with Gasteiger partial charge >= 0.3 is 5.97 Å². The number of hydrogen-bond acceptors (Lipinski definition) is 5. The third kappa shape index (κ3) is 3.19. The maximum Gasteiger partial charge on any atom is 0.328 e. The first-order valence-electron chi connectivity index (χ1n) is 7.25. The van der Waals surface area contributed by atoms with Gasteiger partial charge in [-0.1, -0.05) is 0 Å². The molecule has 0 bridgehead atoms. The van der Waals surface area contributed by atoms with E-state index in [0.29, 0.717) is 6.61 Å². The van der Waals surface area contributed by atoms with E-state index in [1.807, 2.05) is 20.9 Å². The van der Waals surface area contributed by atoms with Crippen LogP contribution in [0.1, 0.15) is 30.6 Å². The lowest BCUT2D eigenvalue weighted by Gasteiger charge is -2.28. The Morgan fingerprint density at radius 3 is 2.95 bits per heavy atom. The monoisotopic (exact) mass is 280 g/mol. The van der Waals surface area contributed by atoms with E-state index in [4.69, 9.17) is 4.74 Å². The second-order valence-electron chi connectivity index (χ2n) is 5.10. The van der Waals surface area contributed by atoms with Crippen molar-refractivity contribution in [1.29, 1.82) is 0 Å². The molecule has 1 saturated heterocycles. The predicted molar refractivity (Wildman–Crippen MR) is 76.4 cm³/mol. The van der Waals surface area contributed by atoms with Gasteiger partial charge in [-0.05, 0) is 26.8 Å². The Hall–Kier alpha value is -1.40. The summed E-state index contributed by atoms with van der Waals surface area (Å²) in [7, 11) is 1.89. The SMILES string of the molecule is CCOC(=O)C(c1cnn(C)c1C)N1CCCNCC1. The van der Waals surface area contributed by atoms with E-state index < -0.39 is 0 Å². The molecule has 0 aromatic carbocycles. The molecule has 1 fully saturated rings. The molecule has 1 aromatic rings. The normalized spacial score (nSPS) is 18.6. The highest BCUT2D eigenvalue weighted by molar-refractivity contribution is 5.78. The summed E-state index contributed by atoms with van der Waals surface area (Å²) >= 11 is 0. The van der Waals surface area contributed by atoms with Crippen molar-refractivity contribution in [3.63, 3.8) is 0 Å². The van der Waals surface area contributed by atoms with Gasteiger partial charge in [-0.15, -0.1) is 0 Å². The zero-order valence-electron chi connectivity index (χ0n) is 12.6. The molecule has 1 unspecified atom stereocenters. The van der Waals surface area contributed by atoms with Gasteiger partial charge in [0, 0.05) is 37.9 Å².